The van der Waals surface area contributed by atoms with Gasteiger partial charge in [-0.3, -0.25) is 14.9 Å². The molecule has 3 N–H and O–H groups in total. The third-order valence-electron chi connectivity index (χ3n) is 6.24. The van der Waals surface area contributed by atoms with Gasteiger partial charge in [0.2, 0.25) is 5.91 Å². The summed E-state index contributed by atoms with van der Waals surface area (Å²) in [6.07, 6.45) is 5.59. The average molecular weight is 522 g/mol. The van der Waals surface area contributed by atoms with Gasteiger partial charge in [-0.25, -0.2) is 9.97 Å². The second-order valence-electron chi connectivity index (χ2n) is 9.60. The van der Waals surface area contributed by atoms with Crippen molar-refractivity contribution in [2.45, 2.75) is 20.3 Å². The van der Waals surface area contributed by atoms with Gasteiger partial charge in [-0.1, -0.05) is 49.7 Å². The van der Waals surface area contributed by atoms with Crippen LogP contribution in [0.2, 0.25) is 5.02 Å². The van der Waals surface area contributed by atoms with Crippen molar-refractivity contribution in [2.24, 2.45) is 5.92 Å². The lowest BCUT2D eigenvalue weighted by molar-refractivity contribution is -0.116. The molecule has 9 heteroatoms. The molecule has 2 aromatic carbocycles. The first kappa shape index (κ1) is 23.8. The summed E-state index contributed by atoms with van der Waals surface area (Å²) in [4.78, 5) is 29.5. The summed E-state index contributed by atoms with van der Waals surface area (Å²) in [5.74, 6) is 0.896. The zero-order valence-corrected chi connectivity index (χ0v) is 21.5. The van der Waals surface area contributed by atoms with Crippen molar-refractivity contribution in [1.82, 2.24) is 30.1 Å². The van der Waals surface area contributed by atoms with E-state index in [0.717, 1.165) is 44.4 Å². The number of rotatable bonds is 6. The number of hydrogen-bond donors (Lipinski definition) is 3. The predicted octanol–water partition coefficient (Wildman–Crippen LogP) is 6.87. The van der Waals surface area contributed by atoms with Crippen molar-refractivity contribution < 1.29 is 4.79 Å². The number of H-pyrrole nitrogens is 2. The number of nitrogens with zero attached hydrogens (tertiary/aromatic N) is 4. The van der Waals surface area contributed by atoms with E-state index in [1.807, 2.05) is 68.4 Å². The number of hydrogen-bond acceptors (Lipinski definition) is 5. The third-order valence-corrected chi connectivity index (χ3v) is 6.48. The monoisotopic (exact) mass is 521 g/mol. The Morgan fingerprint density at radius 3 is 2.68 bits per heavy atom. The van der Waals surface area contributed by atoms with E-state index in [1.165, 1.54) is 0 Å². The van der Waals surface area contributed by atoms with Gasteiger partial charge in [-0.15, -0.1) is 0 Å². The van der Waals surface area contributed by atoms with Gasteiger partial charge in [0.15, 0.2) is 11.5 Å². The first-order valence-corrected chi connectivity index (χ1v) is 12.7. The summed E-state index contributed by atoms with van der Waals surface area (Å²) in [5, 5.41) is 11.9. The standard InChI is InChI=1S/C29H24ClN7O/c1-16(2)9-25(38)33-21-11-18(13-31-15-21)19-12-23-27(36-37-28(23)32-14-19)29-34-24-8-4-7-22(26(24)35-29)17-5-3-6-20(30)10-17/h3-8,10-16H,9H2,1-2H3,(H,33,38)(H,34,35)(H,32,36,37). The molecule has 0 unspecified atom stereocenters. The number of para-hydroxylation sites is 1. The summed E-state index contributed by atoms with van der Waals surface area (Å²) in [5.41, 5.74) is 7.36. The highest BCUT2D eigenvalue weighted by molar-refractivity contribution is 6.30. The first-order valence-electron chi connectivity index (χ1n) is 12.3. The molecule has 0 aliphatic carbocycles. The molecule has 0 fully saturated rings. The van der Waals surface area contributed by atoms with E-state index in [0.29, 0.717) is 28.6 Å². The molecule has 6 aromatic rings. The number of nitrogens with one attached hydrogen (secondary N) is 3. The molecular weight excluding hydrogens is 498 g/mol. The summed E-state index contributed by atoms with van der Waals surface area (Å²) in [7, 11) is 0. The molecule has 0 saturated carbocycles. The molecule has 0 spiro atoms. The van der Waals surface area contributed by atoms with Gasteiger partial charge < -0.3 is 10.3 Å². The zero-order valence-electron chi connectivity index (χ0n) is 20.8. The lowest BCUT2D eigenvalue weighted by atomic mass is 10.0. The number of aromatic nitrogens is 6. The number of carbonyl (C=O) groups excluding carboxylic acids is 1. The van der Waals surface area contributed by atoms with Crippen LogP contribution in [0.1, 0.15) is 20.3 Å². The van der Waals surface area contributed by atoms with Crippen LogP contribution in [-0.4, -0.2) is 36.0 Å². The van der Waals surface area contributed by atoms with Crippen molar-refractivity contribution >= 4 is 45.3 Å². The second-order valence-corrected chi connectivity index (χ2v) is 10.0. The van der Waals surface area contributed by atoms with Gasteiger partial charge >= 0.3 is 0 Å². The summed E-state index contributed by atoms with van der Waals surface area (Å²) in [6.45, 7) is 4.02. The molecule has 0 aliphatic rings. The van der Waals surface area contributed by atoms with Crippen LogP contribution in [0, 0.1) is 5.92 Å². The van der Waals surface area contributed by atoms with Crippen LogP contribution in [0.3, 0.4) is 0 Å². The van der Waals surface area contributed by atoms with Crippen LogP contribution in [0.15, 0.2) is 73.2 Å². The van der Waals surface area contributed by atoms with E-state index in [4.69, 9.17) is 16.6 Å². The van der Waals surface area contributed by atoms with Crippen LogP contribution in [-0.2, 0) is 4.79 Å². The lowest BCUT2D eigenvalue weighted by Gasteiger charge is -2.08. The highest BCUT2D eigenvalue weighted by Crippen LogP contribution is 2.33. The van der Waals surface area contributed by atoms with E-state index in [1.54, 1.807) is 18.6 Å². The fraction of sp³-hybridized carbons (Fsp3) is 0.138. The Labute approximate surface area is 223 Å². The zero-order chi connectivity index (χ0) is 26.2. The Morgan fingerprint density at radius 2 is 1.84 bits per heavy atom. The Kier molecular flexibility index (Phi) is 6.09. The van der Waals surface area contributed by atoms with Crippen molar-refractivity contribution in [3.63, 3.8) is 0 Å². The van der Waals surface area contributed by atoms with Crippen LogP contribution >= 0.6 is 11.6 Å². The SMILES string of the molecule is CC(C)CC(=O)Nc1cncc(-c2cnc3n[nH]c(-c4nc5c(-c6cccc(Cl)c6)cccc5[nH]4)c3c2)c1. The molecule has 0 saturated heterocycles. The van der Waals surface area contributed by atoms with Gasteiger partial charge in [0.25, 0.3) is 0 Å². The average Bonchev–Trinajstić information content (AvgIpc) is 3.52. The number of fused-ring (bicyclic) bond motifs is 2. The van der Waals surface area contributed by atoms with Gasteiger partial charge in [0.1, 0.15) is 5.69 Å². The van der Waals surface area contributed by atoms with E-state index in [9.17, 15) is 4.79 Å². The maximum absolute atomic E-state index is 12.2. The molecule has 8 nitrogen and oxygen atoms in total. The molecule has 4 heterocycles. The van der Waals surface area contributed by atoms with Gasteiger partial charge in [0.05, 0.1) is 28.3 Å². The minimum atomic E-state index is -0.0355. The molecule has 38 heavy (non-hydrogen) atoms. The Balaban J connectivity index is 1.38. The molecule has 1 amide bonds. The topological polar surface area (TPSA) is 112 Å². The smallest absolute Gasteiger partial charge is 0.224 e. The highest BCUT2D eigenvalue weighted by Gasteiger charge is 2.16. The normalized spacial score (nSPS) is 11.5. The number of pyridine rings is 2. The number of benzene rings is 2. The fourth-order valence-electron chi connectivity index (χ4n) is 4.53. The van der Waals surface area contributed by atoms with Gasteiger partial charge in [0, 0.05) is 40.5 Å². The Hall–Kier alpha value is -4.56. The largest absolute Gasteiger partial charge is 0.337 e. The van der Waals surface area contributed by atoms with Crippen LogP contribution < -0.4 is 5.32 Å². The van der Waals surface area contributed by atoms with Crippen molar-refractivity contribution in [1.29, 1.82) is 0 Å². The maximum atomic E-state index is 12.2. The van der Waals surface area contributed by atoms with Crippen LogP contribution in [0.25, 0.3) is 55.8 Å². The van der Waals surface area contributed by atoms with Crippen molar-refractivity contribution in [3.05, 3.63) is 78.2 Å². The lowest BCUT2D eigenvalue weighted by Crippen LogP contribution is -2.13. The minimum absolute atomic E-state index is 0.0355. The predicted molar refractivity (Wildman–Crippen MR) is 151 cm³/mol. The van der Waals surface area contributed by atoms with E-state index >= 15 is 0 Å². The summed E-state index contributed by atoms with van der Waals surface area (Å²) in [6, 6.07) is 17.6. The molecule has 4 aromatic heterocycles. The molecule has 0 radical (unpaired) electrons. The molecule has 6 rings (SSSR count). The third kappa shape index (κ3) is 4.62. The number of anilines is 1. The first-order chi connectivity index (χ1) is 18.4. The van der Waals surface area contributed by atoms with Crippen LogP contribution in [0.4, 0.5) is 5.69 Å². The highest BCUT2D eigenvalue weighted by atomic mass is 35.5. The number of aromatic amines is 2. The number of amides is 1. The number of imidazole rings is 1. The number of halogens is 1. The van der Waals surface area contributed by atoms with Crippen LogP contribution in [0.5, 0.6) is 0 Å². The van der Waals surface area contributed by atoms with Gasteiger partial charge in [-0.2, -0.15) is 5.10 Å². The van der Waals surface area contributed by atoms with Crippen molar-refractivity contribution in [2.75, 3.05) is 5.32 Å². The molecular formula is C29H24ClN7O. The van der Waals surface area contributed by atoms with Crippen molar-refractivity contribution in [3.8, 4) is 33.8 Å². The number of carbonyl (C=O) groups is 1. The summed E-state index contributed by atoms with van der Waals surface area (Å²) >= 11 is 6.24. The quantitative estimate of drug-likeness (QED) is 0.221. The van der Waals surface area contributed by atoms with E-state index in [2.05, 4.69) is 30.5 Å². The Morgan fingerprint density at radius 1 is 1.00 bits per heavy atom. The van der Waals surface area contributed by atoms with E-state index < -0.39 is 0 Å². The molecule has 0 atom stereocenters. The maximum Gasteiger partial charge on any atom is 0.224 e. The van der Waals surface area contributed by atoms with Gasteiger partial charge in [-0.05, 0) is 41.8 Å². The second kappa shape index (κ2) is 9.72. The molecule has 188 valence electrons. The molecule has 0 bridgehead atoms. The Bertz CT molecular complexity index is 1800. The summed E-state index contributed by atoms with van der Waals surface area (Å²) < 4.78 is 0. The fourth-order valence-corrected chi connectivity index (χ4v) is 4.72. The minimum Gasteiger partial charge on any atom is -0.337 e. The molecule has 0 aliphatic heterocycles. The van der Waals surface area contributed by atoms with E-state index in [-0.39, 0.29) is 11.8 Å².